The van der Waals surface area contributed by atoms with E-state index in [1.807, 2.05) is 42.5 Å². The third-order valence-electron chi connectivity index (χ3n) is 3.03. The highest BCUT2D eigenvalue weighted by atomic mass is 32.2. The molecule has 3 rings (SSSR count). The van der Waals surface area contributed by atoms with Crippen LogP contribution in [0.25, 0.3) is 11.0 Å². The number of aromatic nitrogens is 2. The van der Waals surface area contributed by atoms with Gasteiger partial charge in [0.2, 0.25) is 0 Å². The maximum Gasteiger partial charge on any atom is 0.166 e. The lowest BCUT2D eigenvalue weighted by Gasteiger charge is -2.03. The average Bonchev–Trinajstić information content (AvgIpc) is 2.83. The number of nitrogens with zero attached hydrogens (tertiary/aromatic N) is 1. The first kappa shape index (κ1) is 12.1. The molecule has 3 N–H and O–H groups in total. The summed E-state index contributed by atoms with van der Waals surface area (Å²) in [6.07, 6.45) is 0.953. The minimum absolute atomic E-state index is 0.868. The topological polar surface area (TPSA) is 54.7 Å². The van der Waals surface area contributed by atoms with E-state index in [1.54, 1.807) is 11.8 Å². The van der Waals surface area contributed by atoms with E-state index in [9.17, 15) is 0 Å². The van der Waals surface area contributed by atoms with Crippen molar-refractivity contribution in [2.75, 3.05) is 11.5 Å². The van der Waals surface area contributed by atoms with Gasteiger partial charge in [-0.1, -0.05) is 42.1 Å². The van der Waals surface area contributed by atoms with E-state index < -0.39 is 0 Å². The Morgan fingerprint density at radius 2 is 1.84 bits per heavy atom. The smallest absolute Gasteiger partial charge is 0.166 e. The van der Waals surface area contributed by atoms with Crippen LogP contribution >= 0.6 is 11.8 Å². The van der Waals surface area contributed by atoms with Crippen molar-refractivity contribution < 1.29 is 0 Å². The molecule has 0 bridgehead atoms. The molecule has 0 saturated carbocycles. The first-order valence-corrected chi connectivity index (χ1v) is 7.22. The number of hydrogen-bond donors (Lipinski definition) is 2. The van der Waals surface area contributed by atoms with Crippen LogP contribution in [-0.4, -0.2) is 15.7 Å². The number of nitrogens with two attached hydrogens (primary N) is 1. The minimum Gasteiger partial charge on any atom is -0.399 e. The minimum atomic E-state index is 0.868. The van der Waals surface area contributed by atoms with Gasteiger partial charge in [0, 0.05) is 11.4 Å². The predicted octanol–water partition coefficient (Wildman–Crippen LogP) is 3.48. The standard InChI is InChI=1S/C15H15N3S/c16-12-6-2-1-5-11(12)9-10-19-15-17-13-7-3-4-8-14(13)18-15/h1-8H,9-10,16H2,(H,17,18). The highest BCUT2D eigenvalue weighted by molar-refractivity contribution is 7.99. The van der Waals surface area contributed by atoms with Crippen molar-refractivity contribution in [3.63, 3.8) is 0 Å². The lowest BCUT2D eigenvalue weighted by Crippen LogP contribution is -1.95. The second-order valence-electron chi connectivity index (χ2n) is 4.36. The van der Waals surface area contributed by atoms with Crippen LogP contribution in [0.15, 0.2) is 53.7 Å². The van der Waals surface area contributed by atoms with E-state index >= 15 is 0 Å². The van der Waals surface area contributed by atoms with Crippen LogP contribution in [0.4, 0.5) is 5.69 Å². The van der Waals surface area contributed by atoms with Crippen LogP contribution < -0.4 is 5.73 Å². The molecule has 0 atom stereocenters. The maximum absolute atomic E-state index is 5.93. The third kappa shape index (κ3) is 2.74. The highest BCUT2D eigenvalue weighted by Crippen LogP contribution is 2.21. The quantitative estimate of drug-likeness (QED) is 0.563. The third-order valence-corrected chi connectivity index (χ3v) is 3.91. The second-order valence-corrected chi connectivity index (χ2v) is 5.44. The van der Waals surface area contributed by atoms with E-state index in [0.717, 1.165) is 34.1 Å². The molecule has 1 heterocycles. The molecular weight excluding hydrogens is 254 g/mol. The van der Waals surface area contributed by atoms with Gasteiger partial charge in [-0.05, 0) is 30.2 Å². The number of imidazole rings is 1. The summed E-state index contributed by atoms with van der Waals surface area (Å²) in [5.74, 6) is 0.966. The molecule has 0 spiro atoms. The molecule has 3 nitrogen and oxygen atoms in total. The number of fused-ring (bicyclic) bond motifs is 1. The van der Waals surface area contributed by atoms with Gasteiger partial charge in [-0.15, -0.1) is 0 Å². The van der Waals surface area contributed by atoms with Crippen LogP contribution in [-0.2, 0) is 6.42 Å². The number of thioether (sulfide) groups is 1. The van der Waals surface area contributed by atoms with Crippen LogP contribution in [0.2, 0.25) is 0 Å². The fraction of sp³-hybridized carbons (Fsp3) is 0.133. The zero-order chi connectivity index (χ0) is 13.1. The first-order chi connectivity index (χ1) is 9.33. The van der Waals surface area contributed by atoms with Crippen molar-refractivity contribution in [3.05, 3.63) is 54.1 Å². The van der Waals surface area contributed by atoms with Crippen molar-refractivity contribution in [1.29, 1.82) is 0 Å². The number of hydrogen-bond acceptors (Lipinski definition) is 3. The Hall–Kier alpha value is -1.94. The van der Waals surface area contributed by atoms with Crippen LogP contribution in [0.5, 0.6) is 0 Å². The number of benzene rings is 2. The maximum atomic E-state index is 5.93. The molecule has 0 saturated heterocycles. The SMILES string of the molecule is Nc1ccccc1CCSc1nc2ccccc2[nH]1. The van der Waals surface area contributed by atoms with Gasteiger partial charge in [0.1, 0.15) is 0 Å². The molecule has 4 heteroatoms. The average molecular weight is 269 g/mol. The fourth-order valence-electron chi connectivity index (χ4n) is 2.02. The molecule has 96 valence electrons. The number of aromatic amines is 1. The summed E-state index contributed by atoms with van der Waals surface area (Å²) < 4.78 is 0. The summed E-state index contributed by atoms with van der Waals surface area (Å²) in [6, 6.07) is 16.1. The van der Waals surface area contributed by atoms with E-state index in [1.165, 1.54) is 5.56 Å². The summed E-state index contributed by atoms with van der Waals surface area (Å²) >= 11 is 1.73. The second kappa shape index (κ2) is 5.36. The normalized spacial score (nSPS) is 10.9. The molecule has 0 radical (unpaired) electrons. The lowest BCUT2D eigenvalue weighted by molar-refractivity contribution is 1.07. The van der Waals surface area contributed by atoms with Gasteiger partial charge in [0.15, 0.2) is 5.16 Å². The Bertz CT molecular complexity index is 657. The van der Waals surface area contributed by atoms with Gasteiger partial charge < -0.3 is 10.7 Å². The number of rotatable bonds is 4. The fourth-order valence-corrected chi connectivity index (χ4v) is 2.88. The van der Waals surface area contributed by atoms with E-state index in [2.05, 4.69) is 16.0 Å². The first-order valence-electron chi connectivity index (χ1n) is 6.24. The molecule has 0 fully saturated rings. The van der Waals surface area contributed by atoms with Crippen LogP contribution in [0.1, 0.15) is 5.56 Å². The Morgan fingerprint density at radius 3 is 2.68 bits per heavy atom. The Balaban J connectivity index is 1.65. The van der Waals surface area contributed by atoms with Gasteiger partial charge in [-0.2, -0.15) is 0 Å². The molecule has 0 aliphatic carbocycles. The monoisotopic (exact) mass is 269 g/mol. The van der Waals surface area contributed by atoms with Gasteiger partial charge in [-0.25, -0.2) is 4.98 Å². The van der Waals surface area contributed by atoms with Crippen molar-refractivity contribution >= 4 is 28.5 Å². The van der Waals surface area contributed by atoms with Gasteiger partial charge in [0.05, 0.1) is 11.0 Å². The number of anilines is 1. The van der Waals surface area contributed by atoms with Gasteiger partial charge >= 0.3 is 0 Å². The van der Waals surface area contributed by atoms with Gasteiger partial charge in [-0.3, -0.25) is 0 Å². The van der Waals surface area contributed by atoms with E-state index in [0.29, 0.717) is 0 Å². The van der Waals surface area contributed by atoms with Crippen molar-refractivity contribution in [2.45, 2.75) is 11.6 Å². The molecular formula is C15H15N3S. The molecule has 0 amide bonds. The predicted molar refractivity (Wildman–Crippen MR) is 81.4 cm³/mol. The lowest BCUT2D eigenvalue weighted by atomic mass is 10.1. The summed E-state index contributed by atoms with van der Waals surface area (Å²) in [5.41, 5.74) is 10.1. The summed E-state index contributed by atoms with van der Waals surface area (Å²) in [4.78, 5) is 7.86. The Kier molecular flexibility index (Phi) is 3.42. The van der Waals surface area contributed by atoms with Crippen LogP contribution in [0, 0.1) is 0 Å². The van der Waals surface area contributed by atoms with E-state index in [-0.39, 0.29) is 0 Å². The van der Waals surface area contributed by atoms with Crippen LogP contribution in [0.3, 0.4) is 0 Å². The number of H-pyrrole nitrogens is 1. The molecule has 0 aliphatic heterocycles. The highest BCUT2D eigenvalue weighted by Gasteiger charge is 2.03. The van der Waals surface area contributed by atoms with Crippen molar-refractivity contribution in [3.8, 4) is 0 Å². The molecule has 0 aliphatic rings. The number of para-hydroxylation sites is 3. The number of nitrogens with one attached hydrogen (secondary N) is 1. The zero-order valence-electron chi connectivity index (χ0n) is 10.5. The zero-order valence-corrected chi connectivity index (χ0v) is 11.3. The van der Waals surface area contributed by atoms with Gasteiger partial charge in [0.25, 0.3) is 0 Å². The molecule has 0 unspecified atom stereocenters. The Morgan fingerprint density at radius 1 is 1.05 bits per heavy atom. The summed E-state index contributed by atoms with van der Waals surface area (Å²) in [5, 5.41) is 0.968. The summed E-state index contributed by atoms with van der Waals surface area (Å²) in [7, 11) is 0. The van der Waals surface area contributed by atoms with E-state index in [4.69, 9.17) is 5.73 Å². The molecule has 2 aromatic carbocycles. The number of aryl methyl sites for hydroxylation is 1. The van der Waals surface area contributed by atoms with Crippen molar-refractivity contribution in [2.24, 2.45) is 0 Å². The molecule has 19 heavy (non-hydrogen) atoms. The Labute approximate surface area is 116 Å². The van der Waals surface area contributed by atoms with Crippen molar-refractivity contribution in [1.82, 2.24) is 9.97 Å². The number of nitrogen functional groups attached to an aromatic ring is 1. The largest absolute Gasteiger partial charge is 0.399 e. The molecule has 3 aromatic rings. The summed E-state index contributed by atoms with van der Waals surface area (Å²) in [6.45, 7) is 0. The molecule has 1 aromatic heterocycles.